The molecule has 0 fully saturated rings. The third-order valence-electron chi connectivity index (χ3n) is 1.92. The number of carboxylic acid groups (broad SMARTS) is 1. The molecule has 0 saturated carbocycles. The van der Waals surface area contributed by atoms with E-state index in [0.717, 1.165) is 17.8 Å². The van der Waals surface area contributed by atoms with Crippen molar-refractivity contribution in [2.45, 2.75) is 26.3 Å². The average molecular weight is 209 g/mol. The molecule has 1 aromatic rings. The van der Waals surface area contributed by atoms with E-state index in [1.165, 1.54) is 0 Å². The van der Waals surface area contributed by atoms with Gasteiger partial charge in [0.05, 0.1) is 6.42 Å². The fourth-order valence-electron chi connectivity index (χ4n) is 1.08. The van der Waals surface area contributed by atoms with Crippen molar-refractivity contribution < 1.29 is 9.90 Å². The Morgan fingerprint density at radius 3 is 2.67 bits per heavy atom. The fraction of sp³-hybridized carbons (Fsp3) is 0.500. The zero-order valence-electron chi connectivity index (χ0n) is 8.73. The van der Waals surface area contributed by atoms with Crippen LogP contribution in [-0.2, 0) is 17.8 Å². The Morgan fingerprint density at radius 2 is 2.13 bits per heavy atom. The van der Waals surface area contributed by atoms with Gasteiger partial charge in [0, 0.05) is 37.5 Å². The van der Waals surface area contributed by atoms with Crippen LogP contribution in [-0.4, -0.2) is 27.6 Å². The molecule has 0 amide bonds. The molecular formula is C10H15N3O2. The Hall–Kier alpha value is -1.49. The van der Waals surface area contributed by atoms with Crippen LogP contribution in [0, 0.1) is 0 Å². The van der Waals surface area contributed by atoms with Gasteiger partial charge in [-0.2, -0.15) is 0 Å². The van der Waals surface area contributed by atoms with Gasteiger partial charge >= 0.3 is 5.97 Å². The third-order valence-corrected chi connectivity index (χ3v) is 1.92. The largest absolute Gasteiger partial charge is 0.481 e. The molecule has 2 N–H and O–H groups in total. The molecule has 15 heavy (non-hydrogen) atoms. The van der Waals surface area contributed by atoms with Crippen LogP contribution in [0.5, 0.6) is 0 Å². The standard InChI is InChI=1S/C10H15N3O2/c1-2-9-12-6-8(7-13-9)5-11-4-3-10(14)15/h6-7,11H,2-5H2,1H3,(H,14,15). The Kier molecular flexibility index (Phi) is 4.70. The molecule has 0 atom stereocenters. The number of hydrogen-bond donors (Lipinski definition) is 2. The summed E-state index contributed by atoms with van der Waals surface area (Å²) in [6.45, 7) is 3.07. The van der Waals surface area contributed by atoms with Crippen LogP contribution in [0.15, 0.2) is 12.4 Å². The van der Waals surface area contributed by atoms with E-state index in [2.05, 4.69) is 15.3 Å². The van der Waals surface area contributed by atoms with Crippen molar-refractivity contribution in [3.63, 3.8) is 0 Å². The van der Waals surface area contributed by atoms with Crippen LogP contribution >= 0.6 is 0 Å². The number of carbonyl (C=O) groups is 1. The van der Waals surface area contributed by atoms with Crippen molar-refractivity contribution in [2.24, 2.45) is 0 Å². The van der Waals surface area contributed by atoms with Gasteiger partial charge in [-0.25, -0.2) is 9.97 Å². The number of carboxylic acids is 1. The molecule has 5 heteroatoms. The monoisotopic (exact) mass is 209 g/mol. The van der Waals surface area contributed by atoms with Crippen molar-refractivity contribution in [3.8, 4) is 0 Å². The van der Waals surface area contributed by atoms with Crippen LogP contribution in [0.4, 0.5) is 0 Å². The highest BCUT2D eigenvalue weighted by atomic mass is 16.4. The SMILES string of the molecule is CCc1ncc(CNCCC(=O)O)cn1. The summed E-state index contributed by atoms with van der Waals surface area (Å²) in [5, 5.41) is 11.4. The summed E-state index contributed by atoms with van der Waals surface area (Å²) in [6.07, 6.45) is 4.49. The number of rotatable bonds is 6. The van der Waals surface area contributed by atoms with Crippen LogP contribution in [0.25, 0.3) is 0 Å². The summed E-state index contributed by atoms with van der Waals surface area (Å²) < 4.78 is 0. The van der Waals surface area contributed by atoms with E-state index in [1.54, 1.807) is 12.4 Å². The minimum absolute atomic E-state index is 0.133. The molecule has 1 aromatic heterocycles. The first-order valence-corrected chi connectivity index (χ1v) is 4.94. The van der Waals surface area contributed by atoms with Gasteiger partial charge in [0.25, 0.3) is 0 Å². The predicted molar refractivity (Wildman–Crippen MR) is 55.4 cm³/mol. The number of hydrogen-bond acceptors (Lipinski definition) is 4. The van der Waals surface area contributed by atoms with E-state index in [-0.39, 0.29) is 6.42 Å². The van der Waals surface area contributed by atoms with Crippen LogP contribution in [0.2, 0.25) is 0 Å². The van der Waals surface area contributed by atoms with Gasteiger partial charge in [-0.05, 0) is 0 Å². The van der Waals surface area contributed by atoms with Crippen LogP contribution in [0.3, 0.4) is 0 Å². The summed E-state index contributed by atoms with van der Waals surface area (Å²) in [5.41, 5.74) is 0.970. The second kappa shape index (κ2) is 6.08. The van der Waals surface area contributed by atoms with Crippen molar-refractivity contribution >= 4 is 5.97 Å². The molecule has 0 aromatic carbocycles. The molecule has 1 rings (SSSR count). The summed E-state index contributed by atoms with van der Waals surface area (Å²) in [5.74, 6) is 0.0318. The fourth-order valence-corrected chi connectivity index (χ4v) is 1.08. The van der Waals surface area contributed by atoms with Gasteiger partial charge < -0.3 is 10.4 Å². The highest BCUT2D eigenvalue weighted by molar-refractivity contribution is 5.66. The molecule has 0 aliphatic rings. The van der Waals surface area contributed by atoms with Crippen molar-refractivity contribution in [1.82, 2.24) is 15.3 Å². The normalized spacial score (nSPS) is 10.2. The lowest BCUT2D eigenvalue weighted by Gasteiger charge is -2.02. The van der Waals surface area contributed by atoms with Crippen molar-refractivity contribution in [1.29, 1.82) is 0 Å². The smallest absolute Gasteiger partial charge is 0.304 e. The minimum atomic E-state index is -0.792. The van der Waals surface area contributed by atoms with E-state index < -0.39 is 5.97 Å². The second-order valence-corrected chi connectivity index (χ2v) is 3.18. The average Bonchev–Trinajstić information content (AvgIpc) is 2.25. The Bertz CT molecular complexity index is 311. The highest BCUT2D eigenvalue weighted by Crippen LogP contribution is 1.96. The molecule has 5 nitrogen and oxygen atoms in total. The van der Waals surface area contributed by atoms with Crippen LogP contribution in [0.1, 0.15) is 24.7 Å². The summed E-state index contributed by atoms with van der Waals surface area (Å²) in [4.78, 5) is 18.5. The molecule has 0 saturated heterocycles. The maximum atomic E-state index is 10.2. The zero-order valence-corrected chi connectivity index (χ0v) is 8.73. The first-order chi connectivity index (χ1) is 7.22. The number of aromatic nitrogens is 2. The number of aliphatic carboxylic acids is 1. The highest BCUT2D eigenvalue weighted by Gasteiger charge is 1.97. The van der Waals surface area contributed by atoms with E-state index in [0.29, 0.717) is 13.1 Å². The van der Waals surface area contributed by atoms with E-state index in [1.807, 2.05) is 6.92 Å². The van der Waals surface area contributed by atoms with Gasteiger partial charge in [0.2, 0.25) is 0 Å². The lowest BCUT2D eigenvalue weighted by molar-refractivity contribution is -0.136. The second-order valence-electron chi connectivity index (χ2n) is 3.18. The molecule has 0 unspecified atom stereocenters. The molecule has 0 aliphatic heterocycles. The minimum Gasteiger partial charge on any atom is -0.481 e. The van der Waals surface area contributed by atoms with Gasteiger partial charge in [-0.1, -0.05) is 6.92 Å². The Labute approximate surface area is 88.6 Å². The van der Waals surface area contributed by atoms with Crippen molar-refractivity contribution in [3.05, 3.63) is 23.8 Å². The Morgan fingerprint density at radius 1 is 1.47 bits per heavy atom. The third kappa shape index (κ3) is 4.51. The molecule has 0 spiro atoms. The quantitative estimate of drug-likeness (QED) is 0.671. The first-order valence-electron chi connectivity index (χ1n) is 4.94. The van der Waals surface area contributed by atoms with Crippen LogP contribution < -0.4 is 5.32 Å². The van der Waals surface area contributed by atoms with Gasteiger partial charge in [0.1, 0.15) is 5.82 Å². The van der Waals surface area contributed by atoms with E-state index in [9.17, 15) is 4.79 Å². The zero-order chi connectivity index (χ0) is 11.1. The maximum absolute atomic E-state index is 10.2. The Balaban J connectivity index is 2.28. The van der Waals surface area contributed by atoms with Gasteiger partial charge in [0.15, 0.2) is 0 Å². The van der Waals surface area contributed by atoms with Gasteiger partial charge in [-0.3, -0.25) is 4.79 Å². The topological polar surface area (TPSA) is 75.1 Å². The number of aryl methyl sites for hydroxylation is 1. The van der Waals surface area contributed by atoms with Gasteiger partial charge in [-0.15, -0.1) is 0 Å². The molecule has 1 heterocycles. The molecular weight excluding hydrogens is 194 g/mol. The molecule has 82 valence electrons. The lowest BCUT2D eigenvalue weighted by Crippen LogP contribution is -2.17. The molecule has 0 aliphatic carbocycles. The van der Waals surface area contributed by atoms with E-state index in [4.69, 9.17) is 5.11 Å². The lowest BCUT2D eigenvalue weighted by atomic mass is 10.3. The predicted octanol–water partition coefficient (Wildman–Crippen LogP) is 0.603. The number of nitrogens with one attached hydrogen (secondary N) is 1. The molecule has 0 bridgehead atoms. The first kappa shape index (κ1) is 11.6. The number of nitrogens with zero attached hydrogens (tertiary/aromatic N) is 2. The van der Waals surface area contributed by atoms with E-state index >= 15 is 0 Å². The van der Waals surface area contributed by atoms with Crippen molar-refractivity contribution in [2.75, 3.05) is 6.54 Å². The summed E-state index contributed by atoms with van der Waals surface area (Å²) in [7, 11) is 0. The summed E-state index contributed by atoms with van der Waals surface area (Å²) in [6, 6.07) is 0. The maximum Gasteiger partial charge on any atom is 0.304 e. The summed E-state index contributed by atoms with van der Waals surface area (Å²) >= 11 is 0. The molecule has 0 radical (unpaired) electrons.